The van der Waals surface area contributed by atoms with Crippen LogP contribution in [0.2, 0.25) is 0 Å². The maximum absolute atomic E-state index is 12.0. The van der Waals surface area contributed by atoms with Gasteiger partial charge in [0.15, 0.2) is 5.82 Å². The summed E-state index contributed by atoms with van der Waals surface area (Å²) in [7, 11) is 0. The van der Waals surface area contributed by atoms with E-state index in [0.717, 1.165) is 5.56 Å². The van der Waals surface area contributed by atoms with Crippen molar-refractivity contribution in [1.82, 2.24) is 15.3 Å². The molecule has 1 heterocycles. The minimum atomic E-state index is -0.0939. The minimum absolute atomic E-state index is 0.0939. The summed E-state index contributed by atoms with van der Waals surface area (Å²) in [6, 6.07) is 18.5. The van der Waals surface area contributed by atoms with E-state index in [1.54, 1.807) is 24.4 Å². The molecule has 0 saturated carbocycles. The van der Waals surface area contributed by atoms with E-state index < -0.39 is 0 Å². The van der Waals surface area contributed by atoms with E-state index in [2.05, 4.69) is 15.3 Å². The van der Waals surface area contributed by atoms with Gasteiger partial charge in [-0.25, -0.2) is 4.98 Å². The van der Waals surface area contributed by atoms with Crippen LogP contribution in [-0.2, 0) is 0 Å². The average molecular weight is 333 g/mol. The fraction of sp³-hybridized carbons (Fsp3) is 0.150. The number of rotatable bonds is 5. The van der Waals surface area contributed by atoms with Gasteiger partial charge in [0.2, 0.25) is 5.88 Å². The fourth-order valence-corrected chi connectivity index (χ4v) is 2.26. The largest absolute Gasteiger partial charge is 0.439 e. The highest BCUT2D eigenvalue weighted by Gasteiger charge is 2.09. The molecule has 0 bridgehead atoms. The zero-order valence-corrected chi connectivity index (χ0v) is 14.1. The minimum Gasteiger partial charge on any atom is -0.439 e. The van der Waals surface area contributed by atoms with E-state index in [-0.39, 0.29) is 11.9 Å². The van der Waals surface area contributed by atoms with E-state index in [9.17, 15) is 4.79 Å². The molecule has 126 valence electrons. The van der Waals surface area contributed by atoms with Gasteiger partial charge in [0.25, 0.3) is 5.91 Å². The number of aromatic nitrogens is 2. The second kappa shape index (κ2) is 7.57. The van der Waals surface area contributed by atoms with Gasteiger partial charge in [-0.2, -0.15) is 4.98 Å². The van der Waals surface area contributed by atoms with Crippen molar-refractivity contribution in [1.29, 1.82) is 0 Å². The topological polar surface area (TPSA) is 64.1 Å². The lowest BCUT2D eigenvalue weighted by molar-refractivity contribution is 0.0943. The molecule has 0 aliphatic carbocycles. The molecule has 25 heavy (non-hydrogen) atoms. The second-order valence-corrected chi connectivity index (χ2v) is 5.84. The van der Waals surface area contributed by atoms with Crippen molar-refractivity contribution in [3.8, 4) is 23.0 Å². The monoisotopic (exact) mass is 333 g/mol. The van der Waals surface area contributed by atoms with Gasteiger partial charge in [-0.05, 0) is 38.1 Å². The summed E-state index contributed by atoms with van der Waals surface area (Å²) >= 11 is 0. The number of nitrogens with one attached hydrogen (secondary N) is 1. The van der Waals surface area contributed by atoms with Crippen LogP contribution in [0.25, 0.3) is 11.4 Å². The molecule has 0 aliphatic rings. The van der Waals surface area contributed by atoms with E-state index in [1.165, 1.54) is 0 Å². The Bertz CT molecular complexity index is 846. The molecule has 1 aromatic heterocycles. The van der Waals surface area contributed by atoms with Gasteiger partial charge in [-0.15, -0.1) is 0 Å². The molecule has 1 amide bonds. The summed E-state index contributed by atoms with van der Waals surface area (Å²) in [5.41, 5.74) is 1.42. The highest BCUT2D eigenvalue weighted by atomic mass is 16.5. The molecule has 0 spiro atoms. The normalized spacial score (nSPS) is 10.5. The van der Waals surface area contributed by atoms with E-state index in [0.29, 0.717) is 23.0 Å². The van der Waals surface area contributed by atoms with Crippen LogP contribution >= 0.6 is 0 Å². The van der Waals surface area contributed by atoms with Gasteiger partial charge in [-0.3, -0.25) is 4.79 Å². The quantitative estimate of drug-likeness (QED) is 0.764. The molecule has 0 saturated heterocycles. The third kappa shape index (κ3) is 4.41. The Labute approximate surface area is 146 Å². The van der Waals surface area contributed by atoms with Gasteiger partial charge in [0, 0.05) is 29.4 Å². The molecular formula is C20H19N3O2. The van der Waals surface area contributed by atoms with Crippen LogP contribution in [0.5, 0.6) is 11.6 Å². The number of para-hydroxylation sites is 1. The molecule has 2 aromatic carbocycles. The average Bonchev–Trinajstić information content (AvgIpc) is 2.62. The van der Waals surface area contributed by atoms with Crippen molar-refractivity contribution < 1.29 is 9.53 Å². The number of carbonyl (C=O) groups excluding carboxylic acids is 1. The zero-order chi connectivity index (χ0) is 17.6. The predicted octanol–water partition coefficient (Wildman–Crippen LogP) is 4.07. The first-order chi connectivity index (χ1) is 12.1. The Morgan fingerprint density at radius 1 is 1.00 bits per heavy atom. The van der Waals surface area contributed by atoms with Crippen LogP contribution in [0, 0.1) is 0 Å². The highest BCUT2D eigenvalue weighted by Crippen LogP contribution is 2.22. The third-order valence-corrected chi connectivity index (χ3v) is 3.42. The van der Waals surface area contributed by atoms with Crippen molar-refractivity contribution in [2.24, 2.45) is 0 Å². The number of nitrogens with zero attached hydrogens (tertiary/aromatic N) is 2. The number of hydrogen-bond acceptors (Lipinski definition) is 4. The molecule has 5 heteroatoms. The summed E-state index contributed by atoms with van der Waals surface area (Å²) in [4.78, 5) is 20.7. The molecule has 0 fully saturated rings. The first-order valence-electron chi connectivity index (χ1n) is 8.09. The Morgan fingerprint density at radius 3 is 2.40 bits per heavy atom. The Kier molecular flexibility index (Phi) is 5.04. The van der Waals surface area contributed by atoms with Crippen LogP contribution in [0.4, 0.5) is 0 Å². The zero-order valence-electron chi connectivity index (χ0n) is 14.1. The predicted molar refractivity (Wildman–Crippen MR) is 96.6 cm³/mol. The molecule has 3 aromatic rings. The first-order valence-corrected chi connectivity index (χ1v) is 8.09. The maximum atomic E-state index is 12.0. The lowest BCUT2D eigenvalue weighted by Crippen LogP contribution is -2.29. The van der Waals surface area contributed by atoms with Crippen LogP contribution in [0.1, 0.15) is 24.2 Å². The molecule has 5 nitrogen and oxygen atoms in total. The summed E-state index contributed by atoms with van der Waals surface area (Å²) in [5.74, 6) is 1.64. The molecule has 0 atom stereocenters. The number of ether oxygens (including phenoxy) is 1. The van der Waals surface area contributed by atoms with E-state index >= 15 is 0 Å². The summed E-state index contributed by atoms with van der Waals surface area (Å²) in [6.07, 6.45) is 1.65. The molecule has 0 radical (unpaired) electrons. The first kappa shape index (κ1) is 16.6. The maximum Gasteiger partial charge on any atom is 0.251 e. The van der Waals surface area contributed by atoms with Gasteiger partial charge in [0.05, 0.1) is 0 Å². The van der Waals surface area contributed by atoms with Crippen molar-refractivity contribution >= 4 is 5.91 Å². The van der Waals surface area contributed by atoms with E-state index in [1.807, 2.05) is 56.3 Å². The summed E-state index contributed by atoms with van der Waals surface area (Å²) < 4.78 is 5.73. The van der Waals surface area contributed by atoms with Crippen LogP contribution in [-0.4, -0.2) is 21.9 Å². The van der Waals surface area contributed by atoms with Crippen molar-refractivity contribution in [2.75, 3.05) is 0 Å². The molecule has 0 unspecified atom stereocenters. The van der Waals surface area contributed by atoms with Crippen LogP contribution in [0.15, 0.2) is 66.9 Å². The lowest BCUT2D eigenvalue weighted by Gasteiger charge is -2.09. The summed E-state index contributed by atoms with van der Waals surface area (Å²) in [5, 5.41) is 2.86. The number of hydrogen-bond donors (Lipinski definition) is 1. The van der Waals surface area contributed by atoms with Crippen molar-refractivity contribution in [3.05, 3.63) is 72.4 Å². The van der Waals surface area contributed by atoms with Crippen LogP contribution < -0.4 is 10.1 Å². The van der Waals surface area contributed by atoms with Crippen LogP contribution in [0.3, 0.4) is 0 Å². The highest BCUT2D eigenvalue weighted by molar-refractivity contribution is 5.94. The van der Waals surface area contributed by atoms with Gasteiger partial charge in [0.1, 0.15) is 5.75 Å². The summed E-state index contributed by atoms with van der Waals surface area (Å²) in [6.45, 7) is 3.86. The molecule has 1 N–H and O–H groups in total. The Morgan fingerprint density at radius 2 is 1.72 bits per heavy atom. The molecule has 3 rings (SSSR count). The third-order valence-electron chi connectivity index (χ3n) is 3.42. The molecular weight excluding hydrogens is 314 g/mol. The van der Waals surface area contributed by atoms with Crippen molar-refractivity contribution in [2.45, 2.75) is 19.9 Å². The Balaban J connectivity index is 1.78. The number of benzene rings is 2. The Hall–Kier alpha value is -3.21. The standard InChI is InChI=1S/C20H19N3O2/c1-14(2)22-20(24)16-10-8-15(9-11-16)19-21-13-12-18(23-19)25-17-6-4-3-5-7-17/h3-14H,1-2H3,(H,22,24). The van der Waals surface area contributed by atoms with Gasteiger partial charge < -0.3 is 10.1 Å². The smallest absolute Gasteiger partial charge is 0.251 e. The number of amides is 1. The molecule has 0 aliphatic heterocycles. The van der Waals surface area contributed by atoms with Gasteiger partial charge >= 0.3 is 0 Å². The van der Waals surface area contributed by atoms with E-state index in [4.69, 9.17) is 4.74 Å². The lowest BCUT2D eigenvalue weighted by atomic mass is 10.1. The SMILES string of the molecule is CC(C)NC(=O)c1ccc(-c2nccc(Oc3ccccc3)n2)cc1. The fourth-order valence-electron chi connectivity index (χ4n) is 2.26. The van der Waals surface area contributed by atoms with Gasteiger partial charge in [-0.1, -0.05) is 30.3 Å². The number of carbonyl (C=O) groups is 1. The van der Waals surface area contributed by atoms with Crippen molar-refractivity contribution in [3.63, 3.8) is 0 Å². The second-order valence-electron chi connectivity index (χ2n) is 5.84.